The molecular formula is C56H57N3O. The molecule has 0 saturated carbocycles. The van der Waals surface area contributed by atoms with E-state index in [4.69, 9.17) is 25.0 Å². The highest BCUT2D eigenvalue weighted by molar-refractivity contribution is 5.97. The molecule has 0 amide bonds. The van der Waals surface area contributed by atoms with E-state index >= 15 is 0 Å². The van der Waals surface area contributed by atoms with Gasteiger partial charge in [0.1, 0.15) is 11.6 Å². The van der Waals surface area contributed by atoms with Crippen molar-refractivity contribution in [1.82, 2.24) is 14.5 Å². The topological polar surface area (TPSA) is 50.9 Å². The first-order chi connectivity index (χ1) is 32.9. The summed E-state index contributed by atoms with van der Waals surface area (Å²) in [7, 11) is 0. The van der Waals surface area contributed by atoms with Gasteiger partial charge in [0.2, 0.25) is 0 Å². The van der Waals surface area contributed by atoms with Crippen LogP contribution in [0.2, 0.25) is 0 Å². The minimum atomic E-state index is -2.85. The number of rotatable bonds is 8. The molecule has 0 spiro atoms. The zero-order chi connectivity index (χ0) is 52.0. The Morgan fingerprint density at radius 1 is 0.667 bits per heavy atom. The fourth-order valence-corrected chi connectivity index (χ4v) is 7.80. The molecule has 0 bridgehead atoms. The summed E-state index contributed by atoms with van der Waals surface area (Å²) < 4.78 is 96.0. The third kappa shape index (κ3) is 7.79. The molecule has 4 nitrogen and oxygen atoms in total. The Hall–Kier alpha value is -6.26. The molecule has 0 unspecified atom stereocenters. The SMILES string of the molecule is [2H]c1c([2H])c(C([2H])([2H])[2H])c([2H])c([2H])c1-c1ccnc(-c2cc(-c3cccc4c3nc(-c3cc(C)cc(C)c3O)n4-c3ccc(-c4cc(C(C)C)cc(C([2H])(C)C)c4)cc3C([2H])([2H])[2H])cc(C(C)(C)C)c2)c1. The summed E-state index contributed by atoms with van der Waals surface area (Å²) in [5.74, 6) is -0.390. The van der Waals surface area contributed by atoms with Gasteiger partial charge in [0.05, 0.1) is 33.5 Å². The molecule has 0 saturated heterocycles. The van der Waals surface area contributed by atoms with E-state index in [0.717, 1.165) is 33.4 Å². The molecule has 0 aliphatic carbocycles. The van der Waals surface area contributed by atoms with Gasteiger partial charge in [-0.05, 0) is 155 Å². The van der Waals surface area contributed by atoms with E-state index in [1.807, 2.05) is 92.9 Å². The maximum atomic E-state index is 11.8. The Kier molecular flexibility index (Phi) is 7.61. The first-order valence-electron chi connectivity index (χ1n) is 25.8. The molecule has 0 fully saturated rings. The lowest BCUT2D eigenvalue weighted by Gasteiger charge is -2.22. The largest absolute Gasteiger partial charge is 0.507 e. The number of aromatic hydroxyl groups is 1. The number of para-hydroxylation sites is 1. The third-order valence-electron chi connectivity index (χ3n) is 11.2. The monoisotopic (exact) mass is 799 g/mol. The Labute approximate surface area is 372 Å². The third-order valence-corrected chi connectivity index (χ3v) is 11.2. The van der Waals surface area contributed by atoms with Crippen molar-refractivity contribution in [1.29, 1.82) is 0 Å². The normalized spacial score (nSPS) is 15.2. The number of aromatic nitrogens is 3. The van der Waals surface area contributed by atoms with Gasteiger partial charge in [-0.2, -0.15) is 0 Å². The Morgan fingerprint density at radius 3 is 2.13 bits per heavy atom. The van der Waals surface area contributed by atoms with Crippen molar-refractivity contribution in [2.45, 2.75) is 93.2 Å². The van der Waals surface area contributed by atoms with Gasteiger partial charge in [-0.25, -0.2) is 4.98 Å². The van der Waals surface area contributed by atoms with Crippen molar-refractivity contribution in [3.05, 3.63) is 166 Å². The number of phenols is 1. The predicted octanol–water partition coefficient (Wildman–Crippen LogP) is 15.2. The van der Waals surface area contributed by atoms with Crippen molar-refractivity contribution in [2.24, 2.45) is 0 Å². The van der Waals surface area contributed by atoms with Gasteiger partial charge in [0, 0.05) is 26.9 Å². The molecule has 1 N–H and O–H groups in total. The average molecular weight is 799 g/mol. The van der Waals surface area contributed by atoms with Crippen molar-refractivity contribution in [2.75, 3.05) is 0 Å². The van der Waals surface area contributed by atoms with Crippen LogP contribution >= 0.6 is 0 Å². The summed E-state index contributed by atoms with van der Waals surface area (Å²) in [6, 6.07) is 28.0. The summed E-state index contributed by atoms with van der Waals surface area (Å²) >= 11 is 0. The van der Waals surface area contributed by atoms with Gasteiger partial charge < -0.3 is 5.11 Å². The van der Waals surface area contributed by atoms with E-state index in [1.165, 1.54) is 6.20 Å². The van der Waals surface area contributed by atoms with Crippen LogP contribution in [0.1, 0.15) is 114 Å². The highest BCUT2D eigenvalue weighted by Gasteiger charge is 2.24. The molecule has 60 heavy (non-hydrogen) atoms. The summed E-state index contributed by atoms with van der Waals surface area (Å²) in [5, 5.41) is 11.8. The van der Waals surface area contributed by atoms with Crippen LogP contribution < -0.4 is 0 Å². The molecule has 0 aliphatic heterocycles. The minimum absolute atomic E-state index is 0.00886. The molecule has 0 atom stereocenters. The second-order valence-corrected chi connectivity index (χ2v) is 17.4. The average Bonchev–Trinajstić information content (AvgIpc) is 3.67. The second kappa shape index (κ2) is 15.7. The van der Waals surface area contributed by atoms with Crippen molar-refractivity contribution in [3.8, 4) is 67.5 Å². The number of phenolic OH excluding ortho intramolecular Hbond substituents is 1. The maximum Gasteiger partial charge on any atom is 0.149 e. The van der Waals surface area contributed by atoms with Gasteiger partial charge in [-0.1, -0.05) is 127 Å². The molecule has 6 aromatic carbocycles. The Balaban J connectivity index is 1.38. The molecule has 302 valence electrons. The van der Waals surface area contributed by atoms with E-state index < -0.39 is 49.3 Å². The summed E-state index contributed by atoms with van der Waals surface area (Å²) in [6.45, 7) is 12.4. The smallest absolute Gasteiger partial charge is 0.149 e. The van der Waals surface area contributed by atoms with Crippen molar-refractivity contribution < 1.29 is 20.2 Å². The van der Waals surface area contributed by atoms with E-state index in [9.17, 15) is 5.11 Å². The van der Waals surface area contributed by atoms with Crippen LogP contribution in [0.25, 0.3) is 72.7 Å². The van der Waals surface area contributed by atoms with Gasteiger partial charge >= 0.3 is 0 Å². The molecule has 4 heteroatoms. The second-order valence-electron chi connectivity index (χ2n) is 17.4. The summed E-state index contributed by atoms with van der Waals surface area (Å²) in [6.07, 6.45) is 1.52. The Morgan fingerprint density at radius 2 is 1.42 bits per heavy atom. The highest BCUT2D eigenvalue weighted by atomic mass is 16.3. The van der Waals surface area contributed by atoms with Gasteiger partial charge in [-0.15, -0.1) is 0 Å². The Bertz CT molecular complexity index is 3400. The number of pyridine rings is 1. The fraction of sp³-hybridized carbons (Fsp3) is 0.250. The molecule has 2 heterocycles. The number of fused-ring (bicyclic) bond motifs is 1. The number of aryl methyl sites for hydroxylation is 3. The van der Waals surface area contributed by atoms with E-state index in [0.29, 0.717) is 61.6 Å². The van der Waals surface area contributed by atoms with E-state index in [2.05, 4.69) is 46.8 Å². The van der Waals surface area contributed by atoms with Crippen LogP contribution in [0.3, 0.4) is 0 Å². The summed E-state index contributed by atoms with van der Waals surface area (Å²) in [4.78, 5) is 10.0. The molecule has 8 aromatic rings. The first kappa shape index (κ1) is 29.0. The molecule has 8 rings (SSSR count). The van der Waals surface area contributed by atoms with Gasteiger partial charge in [-0.3, -0.25) is 9.55 Å². The van der Waals surface area contributed by atoms with Gasteiger partial charge in [0.25, 0.3) is 0 Å². The van der Waals surface area contributed by atoms with Crippen LogP contribution in [0, 0.1) is 27.6 Å². The van der Waals surface area contributed by atoms with Crippen LogP contribution in [0.15, 0.2) is 127 Å². The molecule has 0 radical (unpaired) electrons. The highest BCUT2D eigenvalue weighted by Crippen LogP contribution is 2.42. The van der Waals surface area contributed by atoms with Crippen LogP contribution in [0.4, 0.5) is 0 Å². The lowest BCUT2D eigenvalue weighted by molar-refractivity contribution is 0.472. The van der Waals surface area contributed by atoms with E-state index in [-0.39, 0.29) is 28.2 Å². The molecule has 0 aliphatic rings. The van der Waals surface area contributed by atoms with Crippen LogP contribution in [-0.4, -0.2) is 19.6 Å². The summed E-state index contributed by atoms with van der Waals surface area (Å²) in [5.41, 5.74) is 9.60. The van der Waals surface area contributed by atoms with Crippen LogP contribution in [0.5, 0.6) is 5.75 Å². The van der Waals surface area contributed by atoms with Crippen molar-refractivity contribution >= 4 is 11.0 Å². The standard InChI is InChI=1S/C56H57N3O/c1-33(2)42-26-43(34(3)4)28-44(27-42)40-19-20-51(37(7)25-40)59-52-14-12-13-48(53(52)58-55(59)49-24-36(6)23-38(8)54(49)60)45-29-46(31-47(30-45)56(9,10)11)50-32-41(21-22-57-50)39-17-15-35(5)16-18-39/h12-34,60H,1-11H3/i5D3,7D3,15D,16D,17D,18D,33D. The predicted molar refractivity (Wildman–Crippen MR) is 254 cm³/mol. The molecular weight excluding hydrogens is 731 g/mol. The zero-order valence-electron chi connectivity index (χ0n) is 46.7. The fourth-order valence-electron chi connectivity index (χ4n) is 7.80. The number of hydrogen-bond donors (Lipinski definition) is 1. The quantitative estimate of drug-likeness (QED) is 0.167. The number of imidazole rings is 1. The number of benzene rings is 6. The number of hydrogen-bond acceptors (Lipinski definition) is 3. The van der Waals surface area contributed by atoms with E-state index in [1.54, 1.807) is 24.3 Å². The maximum absolute atomic E-state index is 11.8. The van der Waals surface area contributed by atoms with Crippen LogP contribution in [-0.2, 0) is 5.41 Å². The lowest BCUT2D eigenvalue weighted by atomic mass is 9.83. The zero-order valence-corrected chi connectivity index (χ0v) is 35.7. The first-order valence-corrected chi connectivity index (χ1v) is 20.3. The number of nitrogens with zero attached hydrogens (tertiary/aromatic N) is 3. The lowest BCUT2D eigenvalue weighted by Crippen LogP contribution is -2.11. The van der Waals surface area contributed by atoms with Gasteiger partial charge in [0.15, 0.2) is 0 Å². The minimum Gasteiger partial charge on any atom is -0.507 e. The molecule has 2 aromatic heterocycles. The van der Waals surface area contributed by atoms with Crippen molar-refractivity contribution in [3.63, 3.8) is 0 Å².